The van der Waals surface area contributed by atoms with E-state index in [-0.39, 0.29) is 23.9 Å². The van der Waals surface area contributed by atoms with E-state index in [4.69, 9.17) is 0 Å². The second-order valence-electron chi connectivity index (χ2n) is 7.86. The van der Waals surface area contributed by atoms with Crippen LogP contribution in [-0.4, -0.2) is 40.8 Å². The first kappa shape index (κ1) is 19.2. The lowest BCUT2D eigenvalue weighted by Gasteiger charge is -2.25. The second-order valence-corrected chi connectivity index (χ2v) is 7.86. The van der Waals surface area contributed by atoms with Gasteiger partial charge in [-0.25, -0.2) is 0 Å². The van der Waals surface area contributed by atoms with Crippen molar-refractivity contribution in [3.05, 3.63) is 60.3 Å². The zero-order valence-corrected chi connectivity index (χ0v) is 16.9. The zero-order chi connectivity index (χ0) is 20.4. The SMILES string of the molecule is CCC(=O)NC1CCC(N(C)C(=O)c2ccc(-c3ccc4[nH]ccc4c3)cc2)C1. The van der Waals surface area contributed by atoms with Crippen molar-refractivity contribution in [2.45, 2.75) is 44.7 Å². The van der Waals surface area contributed by atoms with Crippen molar-refractivity contribution >= 4 is 22.7 Å². The van der Waals surface area contributed by atoms with Crippen LogP contribution in [0.4, 0.5) is 0 Å². The van der Waals surface area contributed by atoms with Crippen LogP contribution in [0.3, 0.4) is 0 Å². The Morgan fingerprint density at radius 3 is 2.59 bits per heavy atom. The average molecular weight is 389 g/mol. The van der Waals surface area contributed by atoms with Crippen LogP contribution in [0.25, 0.3) is 22.0 Å². The van der Waals surface area contributed by atoms with E-state index < -0.39 is 0 Å². The summed E-state index contributed by atoms with van der Waals surface area (Å²) in [5.41, 5.74) is 4.04. The third kappa shape index (κ3) is 4.04. The summed E-state index contributed by atoms with van der Waals surface area (Å²) >= 11 is 0. The van der Waals surface area contributed by atoms with E-state index in [1.165, 1.54) is 5.39 Å². The molecular weight excluding hydrogens is 362 g/mol. The molecule has 1 heterocycles. The van der Waals surface area contributed by atoms with Crippen molar-refractivity contribution in [1.82, 2.24) is 15.2 Å². The third-order valence-electron chi connectivity index (χ3n) is 5.98. The second kappa shape index (κ2) is 8.11. The molecule has 3 aromatic rings. The van der Waals surface area contributed by atoms with Crippen LogP contribution in [-0.2, 0) is 4.79 Å². The van der Waals surface area contributed by atoms with Crippen LogP contribution in [0.2, 0.25) is 0 Å². The van der Waals surface area contributed by atoms with Crippen molar-refractivity contribution in [3.63, 3.8) is 0 Å². The molecule has 4 rings (SSSR count). The highest BCUT2D eigenvalue weighted by Crippen LogP contribution is 2.27. The lowest BCUT2D eigenvalue weighted by molar-refractivity contribution is -0.121. The number of amides is 2. The molecule has 1 aromatic heterocycles. The summed E-state index contributed by atoms with van der Waals surface area (Å²) in [6.07, 6.45) is 5.11. The number of fused-ring (bicyclic) bond motifs is 1. The molecule has 0 spiro atoms. The Bertz CT molecular complexity index is 1020. The number of nitrogens with one attached hydrogen (secondary N) is 2. The van der Waals surface area contributed by atoms with Crippen LogP contribution >= 0.6 is 0 Å². The minimum atomic E-state index is 0.0325. The Morgan fingerprint density at radius 2 is 1.83 bits per heavy atom. The molecule has 0 saturated heterocycles. The monoisotopic (exact) mass is 389 g/mol. The van der Waals surface area contributed by atoms with Crippen LogP contribution in [0, 0.1) is 0 Å². The van der Waals surface area contributed by atoms with Crippen LogP contribution in [0.1, 0.15) is 43.0 Å². The highest BCUT2D eigenvalue weighted by Gasteiger charge is 2.30. The Balaban J connectivity index is 1.43. The van der Waals surface area contributed by atoms with Gasteiger partial charge in [0, 0.05) is 42.8 Å². The summed E-state index contributed by atoms with van der Waals surface area (Å²) in [6.45, 7) is 1.86. The van der Waals surface area contributed by atoms with Gasteiger partial charge in [0.1, 0.15) is 0 Å². The molecule has 1 aliphatic carbocycles. The fourth-order valence-corrected chi connectivity index (χ4v) is 4.18. The molecule has 29 heavy (non-hydrogen) atoms. The number of hydrogen-bond acceptors (Lipinski definition) is 2. The van der Waals surface area contributed by atoms with Crippen LogP contribution in [0.5, 0.6) is 0 Å². The number of aromatic nitrogens is 1. The summed E-state index contributed by atoms with van der Waals surface area (Å²) in [6, 6.07) is 16.5. The fourth-order valence-electron chi connectivity index (χ4n) is 4.18. The smallest absolute Gasteiger partial charge is 0.253 e. The van der Waals surface area contributed by atoms with Crippen molar-refractivity contribution in [1.29, 1.82) is 0 Å². The van der Waals surface area contributed by atoms with E-state index in [0.29, 0.717) is 12.0 Å². The number of hydrogen-bond donors (Lipinski definition) is 2. The predicted octanol–water partition coefficient (Wildman–Crippen LogP) is 4.35. The van der Waals surface area contributed by atoms with E-state index >= 15 is 0 Å². The Morgan fingerprint density at radius 1 is 1.07 bits per heavy atom. The summed E-state index contributed by atoms with van der Waals surface area (Å²) in [5.74, 6) is 0.114. The maximum atomic E-state index is 12.9. The molecule has 2 atom stereocenters. The van der Waals surface area contributed by atoms with Gasteiger partial charge < -0.3 is 15.2 Å². The standard InChI is InChI=1S/C24H27N3O2/c1-3-23(28)26-20-9-10-21(15-20)27(2)24(29)17-6-4-16(5-7-17)18-8-11-22-19(14-18)12-13-25-22/h4-8,11-14,20-21,25H,3,9-10,15H2,1-2H3,(H,26,28). The summed E-state index contributed by atoms with van der Waals surface area (Å²) in [4.78, 5) is 29.6. The maximum Gasteiger partial charge on any atom is 0.253 e. The lowest BCUT2D eigenvalue weighted by atomic mass is 10.0. The van der Waals surface area contributed by atoms with Crippen molar-refractivity contribution < 1.29 is 9.59 Å². The molecule has 2 N–H and O–H groups in total. The average Bonchev–Trinajstić information content (AvgIpc) is 3.41. The number of H-pyrrole nitrogens is 1. The molecule has 5 nitrogen and oxygen atoms in total. The highest BCUT2D eigenvalue weighted by molar-refractivity contribution is 5.95. The fraction of sp³-hybridized carbons (Fsp3) is 0.333. The van der Waals surface area contributed by atoms with Gasteiger partial charge in [-0.15, -0.1) is 0 Å². The number of carbonyl (C=O) groups excluding carboxylic acids is 2. The van der Waals surface area contributed by atoms with Gasteiger partial charge in [0.2, 0.25) is 5.91 Å². The summed E-state index contributed by atoms with van der Waals surface area (Å²) in [5, 5.41) is 4.22. The van der Waals surface area contributed by atoms with Crippen LogP contribution < -0.4 is 5.32 Å². The van der Waals surface area contributed by atoms with E-state index in [2.05, 4.69) is 34.6 Å². The third-order valence-corrected chi connectivity index (χ3v) is 5.98. The lowest BCUT2D eigenvalue weighted by Crippen LogP contribution is -2.38. The highest BCUT2D eigenvalue weighted by atomic mass is 16.2. The maximum absolute atomic E-state index is 12.9. The predicted molar refractivity (Wildman–Crippen MR) is 116 cm³/mol. The van der Waals surface area contributed by atoms with Gasteiger partial charge in [-0.3, -0.25) is 9.59 Å². The normalized spacial score (nSPS) is 18.7. The summed E-state index contributed by atoms with van der Waals surface area (Å²) in [7, 11) is 1.87. The van der Waals surface area contributed by atoms with Gasteiger partial charge in [0.05, 0.1) is 0 Å². The van der Waals surface area contributed by atoms with E-state index in [0.717, 1.165) is 35.9 Å². The van der Waals surface area contributed by atoms with Gasteiger partial charge in [-0.1, -0.05) is 25.1 Å². The number of carbonyl (C=O) groups is 2. The molecule has 2 unspecified atom stereocenters. The largest absolute Gasteiger partial charge is 0.361 e. The molecule has 150 valence electrons. The van der Waals surface area contributed by atoms with Gasteiger partial charge in [-0.2, -0.15) is 0 Å². The zero-order valence-electron chi connectivity index (χ0n) is 16.9. The van der Waals surface area contributed by atoms with E-state index in [1.54, 1.807) is 0 Å². The van der Waals surface area contributed by atoms with Gasteiger partial charge >= 0.3 is 0 Å². The first-order valence-electron chi connectivity index (χ1n) is 10.3. The van der Waals surface area contributed by atoms with Gasteiger partial charge in [0.25, 0.3) is 5.91 Å². The first-order valence-corrected chi connectivity index (χ1v) is 10.3. The molecule has 2 aromatic carbocycles. The minimum absolute atomic E-state index is 0.0325. The number of nitrogens with zero attached hydrogens (tertiary/aromatic N) is 1. The minimum Gasteiger partial charge on any atom is -0.361 e. The molecule has 0 radical (unpaired) electrons. The molecule has 2 amide bonds. The van der Waals surface area contributed by atoms with Crippen LogP contribution in [0.15, 0.2) is 54.7 Å². The number of aromatic amines is 1. The number of rotatable bonds is 5. The Labute approximate surface area is 171 Å². The quantitative estimate of drug-likeness (QED) is 0.681. The molecule has 5 heteroatoms. The topological polar surface area (TPSA) is 65.2 Å². The summed E-state index contributed by atoms with van der Waals surface area (Å²) < 4.78 is 0. The van der Waals surface area contributed by atoms with Gasteiger partial charge in [-0.05, 0) is 66.1 Å². The first-order chi connectivity index (χ1) is 14.0. The molecular formula is C24H27N3O2. The van der Waals surface area contributed by atoms with Gasteiger partial charge in [0.15, 0.2) is 0 Å². The van der Waals surface area contributed by atoms with Crippen molar-refractivity contribution in [3.8, 4) is 11.1 Å². The van der Waals surface area contributed by atoms with E-state index in [1.807, 2.05) is 49.3 Å². The molecule has 0 bridgehead atoms. The van der Waals surface area contributed by atoms with Crippen molar-refractivity contribution in [2.24, 2.45) is 0 Å². The molecule has 1 fully saturated rings. The molecule has 1 saturated carbocycles. The van der Waals surface area contributed by atoms with E-state index in [9.17, 15) is 9.59 Å². The molecule has 0 aliphatic heterocycles. The molecule has 1 aliphatic rings. The number of benzene rings is 2. The Kier molecular flexibility index (Phi) is 5.38. The Hall–Kier alpha value is -3.08. The van der Waals surface area contributed by atoms with Crippen molar-refractivity contribution in [2.75, 3.05) is 7.05 Å².